The number of nitrogens with zero attached hydrogens (tertiary/aromatic N) is 2. The summed E-state index contributed by atoms with van der Waals surface area (Å²) in [5, 5.41) is 30.4. The third kappa shape index (κ3) is 1.79. The molecule has 2 fully saturated rings. The largest absolute Gasteiger partial charge is 0.364 e. The molecule has 1 aliphatic heterocycles. The van der Waals surface area contributed by atoms with Crippen LogP contribution in [0.5, 0.6) is 0 Å². The number of hydrogen-bond acceptors (Lipinski definition) is 5. The van der Waals surface area contributed by atoms with Gasteiger partial charge in [0.25, 0.3) is 0 Å². The van der Waals surface area contributed by atoms with Crippen molar-refractivity contribution in [2.75, 3.05) is 6.54 Å². The number of nitriles is 1. The van der Waals surface area contributed by atoms with Gasteiger partial charge in [0, 0.05) is 17.8 Å². The molecule has 0 aromatic heterocycles. The van der Waals surface area contributed by atoms with Gasteiger partial charge in [-0.3, -0.25) is 10.1 Å². The van der Waals surface area contributed by atoms with Crippen LogP contribution in [0.1, 0.15) is 39.0 Å². The molecule has 1 heterocycles. The highest BCUT2D eigenvalue weighted by Gasteiger charge is 2.65. The van der Waals surface area contributed by atoms with E-state index in [9.17, 15) is 20.5 Å². The van der Waals surface area contributed by atoms with E-state index >= 15 is 0 Å². The molecule has 1 N–H and O–H groups in total. The zero-order valence-electron chi connectivity index (χ0n) is 9.81. The Hall–Kier alpha value is -1.19. The van der Waals surface area contributed by atoms with Crippen LogP contribution in [-0.2, 0) is 4.74 Å². The van der Waals surface area contributed by atoms with Gasteiger partial charge in [-0.05, 0) is 19.8 Å². The molecule has 0 radical (unpaired) electrons. The van der Waals surface area contributed by atoms with Gasteiger partial charge in [0.15, 0.2) is 5.79 Å². The summed E-state index contributed by atoms with van der Waals surface area (Å²) in [4.78, 5) is 10.2. The Morgan fingerprint density at radius 1 is 1.53 bits per heavy atom. The summed E-state index contributed by atoms with van der Waals surface area (Å²) in [6.45, 7) is 1.23. The molecule has 94 valence electrons. The molecule has 0 amide bonds. The predicted octanol–water partition coefficient (Wildman–Crippen LogP) is 1.21. The summed E-state index contributed by atoms with van der Waals surface area (Å²) in [5.41, 5.74) is -2.02. The van der Waals surface area contributed by atoms with E-state index in [0.29, 0.717) is 12.8 Å². The van der Waals surface area contributed by atoms with Gasteiger partial charge in [0.1, 0.15) is 11.0 Å². The number of nitro groups is 1. The highest BCUT2D eigenvalue weighted by molar-refractivity contribution is 5.16. The minimum Gasteiger partial charge on any atom is -0.364 e. The van der Waals surface area contributed by atoms with Gasteiger partial charge in [-0.2, -0.15) is 5.26 Å². The molecule has 1 unspecified atom stereocenters. The summed E-state index contributed by atoms with van der Waals surface area (Å²) in [5.74, 6) is -1.51. The number of ether oxygens (including phenoxy) is 1. The van der Waals surface area contributed by atoms with Crippen LogP contribution >= 0.6 is 0 Å². The maximum atomic E-state index is 10.6. The zero-order chi connectivity index (χ0) is 12.7. The average Bonchev–Trinajstić information content (AvgIpc) is 2.43. The minimum atomic E-state index is -1.51. The lowest BCUT2D eigenvalue weighted by molar-refractivity contribution is -0.503. The predicted molar refractivity (Wildman–Crippen MR) is 57.4 cm³/mol. The van der Waals surface area contributed by atoms with Crippen molar-refractivity contribution in [2.24, 2.45) is 5.41 Å². The number of rotatable bonds is 2. The SMILES string of the molecule is CC1(C[N+](=O)[O-])C[C@]2(C#N)CCCC[C@]2(O)O1. The third-order valence-electron chi connectivity index (χ3n) is 3.89. The summed E-state index contributed by atoms with van der Waals surface area (Å²) < 4.78 is 5.54. The van der Waals surface area contributed by atoms with E-state index in [2.05, 4.69) is 6.07 Å². The fourth-order valence-electron chi connectivity index (χ4n) is 3.23. The maximum Gasteiger partial charge on any atom is 0.232 e. The Bertz CT molecular complexity index is 393. The lowest BCUT2D eigenvalue weighted by atomic mass is 9.68. The molecule has 0 aromatic carbocycles. The van der Waals surface area contributed by atoms with E-state index in [1.807, 2.05) is 0 Å². The second-order valence-corrected chi connectivity index (χ2v) is 5.40. The molecule has 1 saturated carbocycles. The van der Waals surface area contributed by atoms with Crippen molar-refractivity contribution in [2.45, 2.75) is 50.4 Å². The third-order valence-corrected chi connectivity index (χ3v) is 3.89. The Morgan fingerprint density at radius 3 is 2.71 bits per heavy atom. The lowest BCUT2D eigenvalue weighted by Gasteiger charge is -2.39. The van der Waals surface area contributed by atoms with E-state index in [4.69, 9.17) is 4.74 Å². The molecule has 17 heavy (non-hydrogen) atoms. The summed E-state index contributed by atoms with van der Waals surface area (Å²) >= 11 is 0. The van der Waals surface area contributed by atoms with E-state index in [-0.39, 0.29) is 13.0 Å². The van der Waals surface area contributed by atoms with Crippen LogP contribution in [0.2, 0.25) is 0 Å². The van der Waals surface area contributed by atoms with Crippen LogP contribution in [0.3, 0.4) is 0 Å². The second-order valence-electron chi connectivity index (χ2n) is 5.40. The number of fused-ring (bicyclic) bond motifs is 1. The minimum absolute atomic E-state index is 0.230. The maximum absolute atomic E-state index is 10.6. The van der Waals surface area contributed by atoms with Crippen LogP contribution in [0.15, 0.2) is 0 Å². The monoisotopic (exact) mass is 240 g/mol. The highest BCUT2D eigenvalue weighted by Crippen LogP contribution is 2.57. The molecule has 6 heteroatoms. The molecular weight excluding hydrogens is 224 g/mol. The van der Waals surface area contributed by atoms with Gasteiger partial charge in [0.05, 0.1) is 6.07 Å². The van der Waals surface area contributed by atoms with E-state index in [1.54, 1.807) is 6.92 Å². The molecule has 1 aliphatic carbocycles. The number of hydrogen-bond donors (Lipinski definition) is 1. The average molecular weight is 240 g/mol. The fourth-order valence-corrected chi connectivity index (χ4v) is 3.23. The first kappa shape index (κ1) is 12.3. The van der Waals surface area contributed by atoms with Gasteiger partial charge in [-0.1, -0.05) is 6.42 Å². The topological polar surface area (TPSA) is 96.4 Å². The molecule has 3 atom stereocenters. The first-order valence-corrected chi connectivity index (χ1v) is 5.80. The first-order valence-electron chi connectivity index (χ1n) is 5.80. The van der Waals surface area contributed by atoms with Gasteiger partial charge < -0.3 is 9.84 Å². The van der Waals surface area contributed by atoms with Crippen molar-refractivity contribution in [1.82, 2.24) is 0 Å². The van der Waals surface area contributed by atoms with Crippen molar-refractivity contribution < 1.29 is 14.8 Å². The molecule has 6 nitrogen and oxygen atoms in total. The van der Waals surface area contributed by atoms with Gasteiger partial charge in [-0.25, -0.2) is 0 Å². The van der Waals surface area contributed by atoms with E-state index < -0.39 is 21.7 Å². The van der Waals surface area contributed by atoms with Crippen molar-refractivity contribution >= 4 is 0 Å². The second kappa shape index (κ2) is 3.65. The van der Waals surface area contributed by atoms with Crippen LogP contribution in [-0.4, -0.2) is 28.0 Å². The summed E-state index contributed by atoms with van der Waals surface area (Å²) in [7, 11) is 0. The summed E-state index contributed by atoms with van der Waals surface area (Å²) in [6, 6.07) is 2.15. The summed E-state index contributed by atoms with van der Waals surface area (Å²) in [6.07, 6.45) is 2.80. The fraction of sp³-hybridized carbons (Fsp3) is 0.909. The van der Waals surface area contributed by atoms with Crippen LogP contribution in [0.4, 0.5) is 0 Å². The molecule has 0 spiro atoms. The molecule has 2 aliphatic rings. The standard InChI is InChI=1S/C11H16N2O4/c1-9(8-13(15)16)6-10(7-12)4-2-3-5-11(10,14)17-9/h14H,2-6,8H2,1H3/t9?,10-,11-/m0/s1. The van der Waals surface area contributed by atoms with E-state index in [0.717, 1.165) is 12.8 Å². The van der Waals surface area contributed by atoms with Gasteiger partial charge in [0.2, 0.25) is 6.54 Å². The Morgan fingerprint density at radius 2 is 2.18 bits per heavy atom. The highest BCUT2D eigenvalue weighted by atomic mass is 16.7. The van der Waals surface area contributed by atoms with Gasteiger partial charge >= 0.3 is 0 Å². The normalized spacial score (nSPS) is 45.0. The first-order chi connectivity index (χ1) is 7.85. The van der Waals surface area contributed by atoms with Crippen molar-refractivity contribution in [1.29, 1.82) is 5.26 Å². The Labute approximate surface area is 99.3 Å². The van der Waals surface area contributed by atoms with Crippen LogP contribution in [0.25, 0.3) is 0 Å². The van der Waals surface area contributed by atoms with Crippen molar-refractivity contribution in [3.63, 3.8) is 0 Å². The molecule has 1 saturated heterocycles. The molecule has 2 rings (SSSR count). The molecule has 0 bridgehead atoms. The van der Waals surface area contributed by atoms with Crippen LogP contribution < -0.4 is 0 Å². The van der Waals surface area contributed by atoms with Crippen molar-refractivity contribution in [3.05, 3.63) is 10.1 Å². The van der Waals surface area contributed by atoms with Crippen molar-refractivity contribution in [3.8, 4) is 6.07 Å². The Kier molecular flexibility index (Phi) is 2.64. The number of aliphatic hydroxyl groups is 1. The van der Waals surface area contributed by atoms with Crippen LogP contribution in [0, 0.1) is 26.9 Å². The zero-order valence-corrected chi connectivity index (χ0v) is 9.81. The molecular formula is C11H16N2O4. The lowest BCUT2D eigenvalue weighted by Crippen LogP contribution is -2.47. The van der Waals surface area contributed by atoms with Gasteiger partial charge in [-0.15, -0.1) is 0 Å². The van der Waals surface area contributed by atoms with E-state index in [1.165, 1.54) is 0 Å². The molecule has 0 aromatic rings. The smallest absolute Gasteiger partial charge is 0.232 e. The quantitative estimate of drug-likeness (QED) is 0.578. The Balaban J connectivity index is 2.31.